The second-order valence-corrected chi connectivity index (χ2v) is 8.32. The molecular formula is C22H18F3N7O3. The molecule has 2 heterocycles. The molecule has 0 bridgehead atoms. The lowest BCUT2D eigenvalue weighted by Crippen LogP contribution is -2.61. The molecule has 10 nitrogen and oxygen atoms in total. The van der Waals surface area contributed by atoms with Crippen molar-refractivity contribution in [1.82, 2.24) is 25.3 Å². The first-order chi connectivity index (χ1) is 16.5. The number of halogens is 3. The quantitative estimate of drug-likeness (QED) is 0.361. The van der Waals surface area contributed by atoms with Gasteiger partial charge in [0.15, 0.2) is 0 Å². The number of ketones is 1. The number of H-pyrrole nitrogens is 1. The van der Waals surface area contributed by atoms with Crippen LogP contribution in [0.3, 0.4) is 0 Å². The third kappa shape index (κ3) is 4.25. The first-order valence-corrected chi connectivity index (χ1v) is 10.2. The number of Topliss-reactive ketones (excluding diaryl/α,β-unsaturated/α-hetero) is 1. The third-order valence-electron chi connectivity index (χ3n) is 5.82. The number of hydrogen-bond donors (Lipinski definition) is 3. The van der Waals surface area contributed by atoms with Crippen LogP contribution < -0.4 is 10.6 Å². The number of nitrogens with zero attached hydrogens (tertiary/aromatic N) is 4. The molecule has 0 radical (unpaired) electrons. The van der Waals surface area contributed by atoms with Crippen LogP contribution in [0.2, 0.25) is 0 Å². The number of alkyl halides is 2. The van der Waals surface area contributed by atoms with Gasteiger partial charge in [0.25, 0.3) is 23.5 Å². The molecule has 3 aromatic rings. The van der Waals surface area contributed by atoms with E-state index in [2.05, 4.69) is 26.0 Å². The van der Waals surface area contributed by atoms with E-state index in [1.54, 1.807) is 6.07 Å². The molecule has 2 aromatic heterocycles. The maximum atomic E-state index is 13.7. The van der Waals surface area contributed by atoms with Crippen LogP contribution in [-0.2, 0) is 17.4 Å². The Balaban J connectivity index is 1.55. The Morgan fingerprint density at radius 3 is 2.57 bits per heavy atom. The summed E-state index contributed by atoms with van der Waals surface area (Å²) in [6, 6.07) is 5.12. The fraction of sp³-hybridized carbons (Fsp3) is 0.273. The van der Waals surface area contributed by atoms with E-state index in [1.807, 2.05) is 0 Å². The summed E-state index contributed by atoms with van der Waals surface area (Å²) in [6.45, 7) is 1.45. The van der Waals surface area contributed by atoms with Gasteiger partial charge in [-0.15, -0.1) is 0 Å². The molecule has 180 valence electrons. The van der Waals surface area contributed by atoms with Crippen molar-refractivity contribution in [3.05, 3.63) is 64.5 Å². The number of anilines is 1. The molecule has 0 aliphatic heterocycles. The van der Waals surface area contributed by atoms with Crippen molar-refractivity contribution in [3.8, 4) is 6.07 Å². The summed E-state index contributed by atoms with van der Waals surface area (Å²) in [5.74, 6) is -6.61. The zero-order valence-electron chi connectivity index (χ0n) is 18.4. The van der Waals surface area contributed by atoms with Gasteiger partial charge in [0.1, 0.15) is 23.3 Å². The molecule has 1 aliphatic rings. The van der Waals surface area contributed by atoms with Crippen LogP contribution in [0.4, 0.5) is 18.9 Å². The van der Waals surface area contributed by atoms with Crippen LogP contribution in [-0.4, -0.2) is 43.5 Å². The van der Waals surface area contributed by atoms with E-state index in [-0.39, 0.29) is 33.8 Å². The van der Waals surface area contributed by atoms with Gasteiger partial charge in [-0.25, -0.2) is 13.2 Å². The van der Waals surface area contributed by atoms with Crippen molar-refractivity contribution >= 4 is 23.3 Å². The molecular weight excluding hydrogens is 467 g/mol. The highest BCUT2D eigenvalue weighted by molar-refractivity contribution is 6.43. The normalized spacial score (nSPS) is 15.5. The van der Waals surface area contributed by atoms with Gasteiger partial charge in [0.2, 0.25) is 0 Å². The summed E-state index contributed by atoms with van der Waals surface area (Å²) in [4.78, 5) is 38.5. The van der Waals surface area contributed by atoms with Crippen LogP contribution in [0, 0.1) is 24.1 Å². The smallest absolute Gasteiger partial charge is 0.293 e. The molecule has 1 saturated carbocycles. The molecule has 35 heavy (non-hydrogen) atoms. The van der Waals surface area contributed by atoms with E-state index in [0.29, 0.717) is 0 Å². The van der Waals surface area contributed by atoms with Crippen molar-refractivity contribution in [2.75, 3.05) is 5.32 Å². The van der Waals surface area contributed by atoms with Crippen LogP contribution in [0.5, 0.6) is 0 Å². The highest BCUT2D eigenvalue weighted by atomic mass is 19.3. The average molecular weight is 485 g/mol. The summed E-state index contributed by atoms with van der Waals surface area (Å²) in [5, 5.41) is 23.5. The van der Waals surface area contributed by atoms with Crippen LogP contribution in [0.1, 0.15) is 50.5 Å². The number of carbonyl (C=O) groups is 3. The van der Waals surface area contributed by atoms with E-state index in [4.69, 9.17) is 5.26 Å². The number of benzene rings is 1. The molecule has 0 atom stereocenters. The molecule has 0 spiro atoms. The monoisotopic (exact) mass is 485 g/mol. The minimum atomic E-state index is -3.03. The maximum absolute atomic E-state index is 13.7. The Kier molecular flexibility index (Phi) is 5.68. The zero-order valence-corrected chi connectivity index (χ0v) is 18.4. The molecule has 0 unspecified atom stereocenters. The predicted molar refractivity (Wildman–Crippen MR) is 114 cm³/mol. The fourth-order valence-corrected chi connectivity index (χ4v) is 4.18. The Hall–Kier alpha value is -4.47. The van der Waals surface area contributed by atoms with Gasteiger partial charge in [-0.05, 0) is 30.7 Å². The summed E-state index contributed by atoms with van der Waals surface area (Å²) in [5.41, 5.74) is -1.49. The van der Waals surface area contributed by atoms with E-state index in [0.717, 1.165) is 12.1 Å². The van der Waals surface area contributed by atoms with Crippen molar-refractivity contribution in [3.63, 3.8) is 0 Å². The average Bonchev–Trinajstić information content (AvgIpc) is 3.41. The van der Waals surface area contributed by atoms with Crippen LogP contribution in [0.25, 0.3) is 0 Å². The minimum absolute atomic E-state index is 0.0328. The Bertz CT molecular complexity index is 1380. The Morgan fingerprint density at radius 1 is 1.26 bits per heavy atom. The van der Waals surface area contributed by atoms with Crippen LogP contribution in [0.15, 0.2) is 30.6 Å². The van der Waals surface area contributed by atoms with E-state index in [9.17, 15) is 27.6 Å². The standard InChI is InChI=1S/C22H18F3N7O3/c1-11-14(8-32(2)17(11)19(34)28-13-3-4-15(23)12(5-13)6-26)18(33)20(35)29-21(9-22(24,25)10-21)16-7-27-31-30-16/h3-5,7-8H,9-10H2,1-2H3,(H,28,34)(H,29,35)(H,27,30,31). The van der Waals surface area contributed by atoms with Gasteiger partial charge in [0, 0.05) is 37.3 Å². The fourth-order valence-electron chi connectivity index (χ4n) is 4.18. The van der Waals surface area contributed by atoms with Gasteiger partial charge in [-0.1, -0.05) is 0 Å². The Morgan fingerprint density at radius 2 is 1.97 bits per heavy atom. The zero-order chi connectivity index (χ0) is 25.5. The number of aromatic nitrogens is 4. The molecule has 3 N–H and O–H groups in total. The highest BCUT2D eigenvalue weighted by Crippen LogP contribution is 2.51. The Labute approximate surface area is 196 Å². The number of hydrogen-bond acceptors (Lipinski definition) is 6. The van der Waals surface area contributed by atoms with Crippen molar-refractivity contribution < 1.29 is 27.6 Å². The molecule has 13 heteroatoms. The lowest BCUT2D eigenvalue weighted by molar-refractivity contribution is -0.148. The van der Waals surface area contributed by atoms with Crippen molar-refractivity contribution in [1.29, 1.82) is 5.26 Å². The summed E-state index contributed by atoms with van der Waals surface area (Å²) in [6.07, 6.45) is 0.990. The van der Waals surface area contributed by atoms with Gasteiger partial charge < -0.3 is 15.2 Å². The van der Waals surface area contributed by atoms with Crippen LogP contribution >= 0.6 is 0 Å². The topological polar surface area (TPSA) is 146 Å². The number of nitrogens with one attached hydrogen (secondary N) is 3. The van der Waals surface area contributed by atoms with Crippen molar-refractivity contribution in [2.45, 2.75) is 31.2 Å². The minimum Gasteiger partial charge on any atom is -0.346 e. The molecule has 4 rings (SSSR count). The molecule has 1 fully saturated rings. The largest absolute Gasteiger partial charge is 0.346 e. The number of nitriles is 1. The molecule has 1 aromatic carbocycles. The maximum Gasteiger partial charge on any atom is 0.293 e. The lowest BCUT2D eigenvalue weighted by atomic mass is 9.71. The SMILES string of the molecule is Cc1c(C(=O)C(=O)NC2(c3cn[nH]n3)CC(F)(F)C2)cn(C)c1C(=O)Nc1ccc(F)c(C#N)c1. The summed E-state index contributed by atoms with van der Waals surface area (Å²) in [7, 11) is 1.48. The van der Waals surface area contributed by atoms with Gasteiger partial charge in [0.05, 0.1) is 17.3 Å². The van der Waals surface area contributed by atoms with E-state index in [1.165, 1.54) is 37.0 Å². The second kappa shape index (κ2) is 8.39. The number of amides is 2. The van der Waals surface area contributed by atoms with Gasteiger partial charge >= 0.3 is 0 Å². The number of rotatable bonds is 6. The number of aryl methyl sites for hydroxylation is 1. The molecule has 0 saturated heterocycles. The van der Waals surface area contributed by atoms with Gasteiger partial charge in [-0.2, -0.15) is 20.7 Å². The lowest BCUT2D eigenvalue weighted by Gasteiger charge is -2.46. The first kappa shape index (κ1) is 23.7. The predicted octanol–water partition coefficient (Wildman–Crippen LogP) is 2.34. The van der Waals surface area contributed by atoms with Gasteiger partial charge in [-0.3, -0.25) is 14.4 Å². The number of aromatic amines is 1. The second-order valence-electron chi connectivity index (χ2n) is 8.32. The van der Waals surface area contributed by atoms with E-state index < -0.39 is 47.7 Å². The number of carbonyl (C=O) groups excluding carboxylic acids is 3. The first-order valence-electron chi connectivity index (χ1n) is 10.2. The molecule has 2 amide bonds. The summed E-state index contributed by atoms with van der Waals surface area (Å²) < 4.78 is 42.2. The highest BCUT2D eigenvalue weighted by Gasteiger charge is 2.60. The molecule has 1 aliphatic carbocycles. The van der Waals surface area contributed by atoms with Crippen molar-refractivity contribution in [2.24, 2.45) is 7.05 Å². The third-order valence-corrected chi connectivity index (χ3v) is 5.82. The van der Waals surface area contributed by atoms with E-state index >= 15 is 0 Å². The summed E-state index contributed by atoms with van der Waals surface area (Å²) >= 11 is 0.